The number of benzene rings is 10. The molecule has 0 saturated carbocycles. The minimum Gasteiger partial charge on any atom is -0.310 e. The molecule has 1 aliphatic carbocycles. The normalized spacial score (nSPS) is 12.9. The monoisotopic (exact) mass is 778 g/mol. The highest BCUT2D eigenvalue weighted by Gasteiger charge is 2.36. The number of hydrogen-bond acceptors (Lipinski definition) is 1. The molecule has 0 unspecified atom stereocenters. The van der Waals surface area contributed by atoms with Crippen LogP contribution in [0.15, 0.2) is 218 Å². The molecular weight excluding hydrogens is 737 g/mol. The quantitative estimate of drug-likeness (QED) is 0.163. The molecule has 0 fully saturated rings. The summed E-state index contributed by atoms with van der Waals surface area (Å²) in [6.45, 7) is 4.77. The Morgan fingerprint density at radius 3 is 1.31 bits per heavy atom. The van der Waals surface area contributed by atoms with Crippen molar-refractivity contribution in [2.75, 3.05) is 4.90 Å². The van der Waals surface area contributed by atoms with Gasteiger partial charge in [0, 0.05) is 38.9 Å². The van der Waals surface area contributed by atoms with Gasteiger partial charge in [-0.05, 0) is 139 Å². The van der Waals surface area contributed by atoms with Crippen LogP contribution in [0.5, 0.6) is 0 Å². The molecule has 0 spiro atoms. The first kappa shape index (κ1) is 35.3. The van der Waals surface area contributed by atoms with Crippen LogP contribution in [0, 0.1) is 0 Å². The lowest BCUT2D eigenvalue weighted by molar-refractivity contribution is 0.660. The summed E-state index contributed by atoms with van der Waals surface area (Å²) in [5.41, 5.74) is 16.9. The molecule has 1 aromatic heterocycles. The average Bonchev–Trinajstić information content (AvgIpc) is 3.77. The summed E-state index contributed by atoms with van der Waals surface area (Å²) in [4.78, 5) is 2.41. The molecule has 10 aromatic carbocycles. The van der Waals surface area contributed by atoms with Gasteiger partial charge in [0.2, 0.25) is 0 Å². The zero-order chi connectivity index (χ0) is 40.7. The minimum absolute atomic E-state index is 0.221. The molecule has 0 amide bonds. The molecule has 12 rings (SSSR count). The molecule has 2 nitrogen and oxygen atoms in total. The van der Waals surface area contributed by atoms with E-state index in [2.05, 4.69) is 242 Å². The van der Waals surface area contributed by atoms with E-state index in [1.165, 1.54) is 93.5 Å². The molecule has 0 saturated heterocycles. The zero-order valence-electron chi connectivity index (χ0n) is 34.2. The van der Waals surface area contributed by atoms with E-state index in [1.807, 2.05) is 0 Å². The van der Waals surface area contributed by atoms with E-state index < -0.39 is 0 Å². The lowest BCUT2D eigenvalue weighted by Gasteiger charge is -2.28. The maximum atomic E-state index is 2.43. The summed E-state index contributed by atoms with van der Waals surface area (Å²) < 4.78 is 2.43. The summed E-state index contributed by atoms with van der Waals surface area (Å²) in [5, 5.41) is 7.57. The Morgan fingerprint density at radius 2 is 0.770 bits per heavy atom. The zero-order valence-corrected chi connectivity index (χ0v) is 34.2. The van der Waals surface area contributed by atoms with E-state index in [0.717, 1.165) is 17.1 Å². The van der Waals surface area contributed by atoms with Gasteiger partial charge in [0.25, 0.3) is 0 Å². The van der Waals surface area contributed by atoms with Crippen molar-refractivity contribution in [3.05, 3.63) is 230 Å². The fourth-order valence-electron chi connectivity index (χ4n) is 9.98. The molecule has 1 heterocycles. The number of para-hydroxylation sites is 2. The predicted octanol–water partition coefficient (Wildman–Crippen LogP) is 16.2. The topological polar surface area (TPSA) is 8.17 Å². The Labute approximate surface area is 356 Å². The van der Waals surface area contributed by atoms with Gasteiger partial charge in [-0.2, -0.15) is 0 Å². The lowest BCUT2D eigenvalue weighted by Crippen LogP contribution is -2.17. The molecule has 0 atom stereocenters. The number of fused-ring (bicyclic) bond motifs is 8. The number of nitrogens with zero attached hydrogens (tertiary/aromatic N) is 2. The Morgan fingerprint density at radius 1 is 0.344 bits per heavy atom. The van der Waals surface area contributed by atoms with Crippen LogP contribution in [0.25, 0.3) is 82.4 Å². The van der Waals surface area contributed by atoms with Gasteiger partial charge in [-0.1, -0.05) is 159 Å². The Hall–Kier alpha value is -7.68. The van der Waals surface area contributed by atoms with Crippen LogP contribution < -0.4 is 4.90 Å². The molecule has 0 N–H and O–H groups in total. The van der Waals surface area contributed by atoms with E-state index in [4.69, 9.17) is 0 Å². The number of anilines is 3. The van der Waals surface area contributed by atoms with Gasteiger partial charge >= 0.3 is 0 Å². The first-order valence-electron chi connectivity index (χ1n) is 21.2. The molecule has 1 aliphatic rings. The second-order valence-electron chi connectivity index (χ2n) is 17.0. The number of aromatic nitrogens is 1. The molecule has 11 aromatic rings. The summed E-state index contributed by atoms with van der Waals surface area (Å²) in [7, 11) is 0. The Balaban J connectivity index is 0.955. The van der Waals surface area contributed by atoms with Crippen LogP contribution in [0.2, 0.25) is 0 Å². The van der Waals surface area contributed by atoms with E-state index in [-0.39, 0.29) is 5.41 Å². The Bertz CT molecular complexity index is 3320. The highest BCUT2D eigenvalue weighted by atomic mass is 15.1. The first-order chi connectivity index (χ1) is 30.0. The van der Waals surface area contributed by atoms with Crippen LogP contribution >= 0.6 is 0 Å². The van der Waals surface area contributed by atoms with Gasteiger partial charge in [-0.3, -0.25) is 0 Å². The van der Waals surface area contributed by atoms with Crippen molar-refractivity contribution >= 4 is 60.4 Å². The highest BCUT2D eigenvalue weighted by Crippen LogP contribution is 2.52. The fraction of sp³-hybridized carbons (Fsp3) is 0.0508. The van der Waals surface area contributed by atoms with Crippen LogP contribution in [0.3, 0.4) is 0 Å². The molecule has 0 bridgehead atoms. The molecule has 0 radical (unpaired) electrons. The maximum Gasteiger partial charge on any atom is 0.0541 e. The molecular formula is C59H42N2. The van der Waals surface area contributed by atoms with Crippen LogP contribution in [-0.4, -0.2) is 4.57 Å². The second-order valence-corrected chi connectivity index (χ2v) is 17.0. The fourth-order valence-corrected chi connectivity index (χ4v) is 9.98. The van der Waals surface area contributed by atoms with Crippen molar-refractivity contribution in [3.8, 4) is 39.1 Å². The predicted molar refractivity (Wildman–Crippen MR) is 259 cm³/mol. The molecule has 2 heteroatoms. The van der Waals surface area contributed by atoms with Crippen molar-refractivity contribution in [3.63, 3.8) is 0 Å². The van der Waals surface area contributed by atoms with Crippen molar-refractivity contribution in [2.24, 2.45) is 0 Å². The van der Waals surface area contributed by atoms with E-state index >= 15 is 0 Å². The maximum absolute atomic E-state index is 2.43. The van der Waals surface area contributed by atoms with Gasteiger partial charge in [0.05, 0.1) is 11.0 Å². The number of hydrogen-bond donors (Lipinski definition) is 0. The van der Waals surface area contributed by atoms with Crippen LogP contribution in [0.4, 0.5) is 17.1 Å². The van der Waals surface area contributed by atoms with E-state index in [9.17, 15) is 0 Å². The van der Waals surface area contributed by atoms with Gasteiger partial charge in [0.15, 0.2) is 0 Å². The van der Waals surface area contributed by atoms with Gasteiger partial charge in [0.1, 0.15) is 0 Å². The summed E-state index contributed by atoms with van der Waals surface area (Å²) in [5.74, 6) is 0. The van der Waals surface area contributed by atoms with Crippen molar-refractivity contribution < 1.29 is 0 Å². The lowest BCUT2D eigenvalue weighted by atomic mass is 9.82. The van der Waals surface area contributed by atoms with Gasteiger partial charge in [-0.15, -0.1) is 0 Å². The Kier molecular flexibility index (Phi) is 7.92. The second kappa shape index (κ2) is 13.7. The van der Waals surface area contributed by atoms with Crippen LogP contribution in [0.1, 0.15) is 25.0 Å². The van der Waals surface area contributed by atoms with E-state index in [1.54, 1.807) is 0 Å². The largest absolute Gasteiger partial charge is 0.310 e. The average molecular weight is 779 g/mol. The van der Waals surface area contributed by atoms with Gasteiger partial charge < -0.3 is 9.47 Å². The third-order valence-corrected chi connectivity index (χ3v) is 13.2. The standard InChI is InChI=1S/C59H42N2/c1-59(2)55-37-49(31-33-51(55)52-34-32-50(38-56(52)59)61-57-17-9-7-15-53(57)54-16-8-10-18-58(54)61)60(47-27-23-41(24-28-47)45-21-19-39-11-3-5-13-43(39)35-45)48-29-25-42(26-30-48)46-22-20-40-12-4-6-14-44(40)36-46/h3-38H,1-2H3. The molecule has 61 heavy (non-hydrogen) atoms. The van der Waals surface area contributed by atoms with Gasteiger partial charge in [-0.25, -0.2) is 0 Å². The SMILES string of the molecule is CC1(C)c2cc(N(c3ccc(-c4ccc5ccccc5c4)cc3)c3ccc(-c4ccc5ccccc5c4)cc3)ccc2-c2ccc(-n3c4ccccc4c4ccccc43)cc21. The smallest absolute Gasteiger partial charge is 0.0541 e. The van der Waals surface area contributed by atoms with Crippen molar-refractivity contribution in [1.29, 1.82) is 0 Å². The third kappa shape index (κ3) is 5.71. The molecule has 0 aliphatic heterocycles. The van der Waals surface area contributed by atoms with E-state index in [0.29, 0.717) is 0 Å². The summed E-state index contributed by atoms with van der Waals surface area (Å²) in [6, 6.07) is 80.5. The summed E-state index contributed by atoms with van der Waals surface area (Å²) in [6.07, 6.45) is 0. The van der Waals surface area contributed by atoms with Crippen LogP contribution in [-0.2, 0) is 5.41 Å². The third-order valence-electron chi connectivity index (χ3n) is 13.2. The highest BCUT2D eigenvalue weighted by molar-refractivity contribution is 6.09. The van der Waals surface area contributed by atoms with Crippen molar-refractivity contribution in [1.82, 2.24) is 4.57 Å². The minimum atomic E-state index is -0.221. The number of rotatable bonds is 6. The molecule has 288 valence electrons. The summed E-state index contributed by atoms with van der Waals surface area (Å²) >= 11 is 0. The van der Waals surface area contributed by atoms with Crippen molar-refractivity contribution in [2.45, 2.75) is 19.3 Å². The first-order valence-corrected chi connectivity index (χ1v) is 21.2.